The van der Waals surface area contributed by atoms with Gasteiger partial charge < -0.3 is 14.1 Å². The molecule has 106 valence electrons. The highest BCUT2D eigenvalue weighted by Crippen LogP contribution is 2.39. The number of nitrogens with zero attached hydrogens (tertiary/aromatic N) is 3. The minimum Gasteiger partial charge on any atom is -0.478 e. The van der Waals surface area contributed by atoms with Gasteiger partial charge in [-0.3, -0.25) is 0 Å². The van der Waals surface area contributed by atoms with Crippen molar-refractivity contribution in [3.63, 3.8) is 0 Å². The van der Waals surface area contributed by atoms with Crippen LogP contribution in [0, 0.1) is 0 Å². The summed E-state index contributed by atoms with van der Waals surface area (Å²) in [5, 5.41) is 11.6. The van der Waals surface area contributed by atoms with Crippen LogP contribution in [0.15, 0.2) is 34.7 Å². The number of carboxylic acid groups (broad SMARTS) is 1. The number of aromatic carboxylic acids is 1. The fraction of sp³-hybridized carbons (Fsp3) is 0.214. The van der Waals surface area contributed by atoms with E-state index < -0.39 is 5.97 Å². The van der Waals surface area contributed by atoms with Crippen molar-refractivity contribution in [1.29, 1.82) is 0 Å². The van der Waals surface area contributed by atoms with Crippen LogP contribution < -0.4 is 0 Å². The first-order valence-corrected chi connectivity index (χ1v) is 7.40. The lowest BCUT2D eigenvalue weighted by molar-refractivity contribution is 0.0696. The van der Waals surface area contributed by atoms with E-state index in [0.29, 0.717) is 17.5 Å². The zero-order valence-corrected chi connectivity index (χ0v) is 11.7. The first-order valence-electron chi connectivity index (χ1n) is 6.52. The second-order valence-corrected chi connectivity index (χ2v) is 5.82. The molecule has 21 heavy (non-hydrogen) atoms. The van der Waals surface area contributed by atoms with Gasteiger partial charge in [-0.15, -0.1) is 11.3 Å². The Labute approximate surface area is 123 Å². The quantitative estimate of drug-likeness (QED) is 0.799. The first-order chi connectivity index (χ1) is 10.2. The number of aromatic nitrogens is 3. The van der Waals surface area contributed by atoms with E-state index in [-0.39, 0.29) is 5.56 Å². The summed E-state index contributed by atoms with van der Waals surface area (Å²) in [7, 11) is 0. The van der Waals surface area contributed by atoms with Crippen molar-refractivity contribution in [1.82, 2.24) is 14.5 Å². The number of thiazole rings is 1. The molecule has 0 aliphatic heterocycles. The first kappa shape index (κ1) is 12.3. The zero-order valence-electron chi connectivity index (χ0n) is 10.9. The predicted octanol–water partition coefficient (Wildman–Crippen LogP) is 3.30. The number of carbonyl (C=O) groups is 1. The van der Waals surface area contributed by atoms with Crippen molar-refractivity contribution >= 4 is 17.3 Å². The summed E-state index contributed by atoms with van der Waals surface area (Å²) in [6.45, 7) is 0. The Morgan fingerprint density at radius 1 is 1.48 bits per heavy atom. The number of hydrogen-bond donors (Lipinski definition) is 1. The van der Waals surface area contributed by atoms with E-state index in [2.05, 4.69) is 14.5 Å². The summed E-state index contributed by atoms with van der Waals surface area (Å²) in [6.07, 6.45) is 7.24. The van der Waals surface area contributed by atoms with Crippen LogP contribution in [-0.4, -0.2) is 25.6 Å². The number of imidazole rings is 1. The number of carboxylic acids is 1. The number of rotatable bonds is 4. The Kier molecular flexibility index (Phi) is 2.68. The molecular formula is C14H11N3O3S. The topological polar surface area (TPSA) is 81.1 Å². The predicted molar refractivity (Wildman–Crippen MR) is 76.3 cm³/mol. The molecule has 0 spiro atoms. The molecule has 3 heterocycles. The van der Waals surface area contributed by atoms with E-state index in [9.17, 15) is 4.79 Å². The van der Waals surface area contributed by atoms with E-state index in [4.69, 9.17) is 9.52 Å². The van der Waals surface area contributed by atoms with Crippen molar-refractivity contribution in [2.75, 3.05) is 0 Å². The normalized spacial score (nSPS) is 14.5. The molecule has 1 saturated carbocycles. The van der Waals surface area contributed by atoms with Crippen LogP contribution in [0.25, 0.3) is 22.2 Å². The standard InChI is InChI=1S/C14H11N3O3S/c18-14(19)8-3-12(20-5-8)10-6-21-13(16-10)11-4-15-7-17(11)9-1-2-9/h3-7,9H,1-2H2,(H,18,19). The molecule has 1 aliphatic rings. The van der Waals surface area contributed by atoms with Gasteiger partial charge in [-0.05, 0) is 12.8 Å². The Bertz CT molecular complexity index is 813. The molecule has 0 unspecified atom stereocenters. The highest BCUT2D eigenvalue weighted by atomic mass is 32.1. The third-order valence-electron chi connectivity index (χ3n) is 3.43. The highest BCUT2D eigenvalue weighted by molar-refractivity contribution is 7.13. The summed E-state index contributed by atoms with van der Waals surface area (Å²) in [4.78, 5) is 19.6. The summed E-state index contributed by atoms with van der Waals surface area (Å²) in [6, 6.07) is 2.02. The minimum atomic E-state index is -1.01. The van der Waals surface area contributed by atoms with Crippen LogP contribution in [0.3, 0.4) is 0 Å². The molecule has 1 aliphatic carbocycles. The van der Waals surface area contributed by atoms with Gasteiger partial charge in [0, 0.05) is 17.5 Å². The second-order valence-electron chi connectivity index (χ2n) is 4.96. The van der Waals surface area contributed by atoms with E-state index in [0.717, 1.165) is 10.7 Å². The molecule has 0 saturated heterocycles. The van der Waals surface area contributed by atoms with Crippen molar-refractivity contribution in [2.45, 2.75) is 18.9 Å². The molecule has 4 rings (SSSR count). The fourth-order valence-electron chi connectivity index (χ4n) is 2.20. The van der Waals surface area contributed by atoms with Crippen LogP contribution >= 0.6 is 11.3 Å². The zero-order chi connectivity index (χ0) is 14.4. The van der Waals surface area contributed by atoms with Gasteiger partial charge in [0.15, 0.2) is 5.76 Å². The van der Waals surface area contributed by atoms with E-state index in [1.54, 1.807) is 0 Å². The fourth-order valence-corrected chi connectivity index (χ4v) is 3.02. The van der Waals surface area contributed by atoms with Gasteiger partial charge in [-0.2, -0.15) is 0 Å². The molecule has 3 aromatic rings. The molecule has 0 radical (unpaired) electrons. The molecule has 0 bridgehead atoms. The average Bonchev–Trinajstić information content (AvgIpc) is 2.95. The number of furan rings is 1. The van der Waals surface area contributed by atoms with Crippen LogP contribution in [0.5, 0.6) is 0 Å². The molecule has 3 aromatic heterocycles. The third kappa shape index (κ3) is 2.15. The number of hydrogen-bond acceptors (Lipinski definition) is 5. The summed E-state index contributed by atoms with van der Waals surface area (Å²) in [5.41, 5.74) is 1.77. The van der Waals surface area contributed by atoms with Crippen LogP contribution in [-0.2, 0) is 0 Å². The van der Waals surface area contributed by atoms with Gasteiger partial charge in [0.1, 0.15) is 17.0 Å². The average molecular weight is 301 g/mol. The molecule has 1 fully saturated rings. The lowest BCUT2D eigenvalue weighted by Gasteiger charge is -2.02. The lowest BCUT2D eigenvalue weighted by Crippen LogP contribution is -1.94. The Morgan fingerprint density at radius 3 is 3.05 bits per heavy atom. The summed E-state index contributed by atoms with van der Waals surface area (Å²) in [5.74, 6) is -0.542. The Hall–Kier alpha value is -2.41. The highest BCUT2D eigenvalue weighted by Gasteiger charge is 2.26. The third-order valence-corrected chi connectivity index (χ3v) is 4.29. The second kappa shape index (κ2) is 4.56. The molecular weight excluding hydrogens is 290 g/mol. The molecule has 0 atom stereocenters. The van der Waals surface area contributed by atoms with Crippen LogP contribution in [0.4, 0.5) is 0 Å². The van der Waals surface area contributed by atoms with E-state index in [1.165, 1.54) is 36.5 Å². The van der Waals surface area contributed by atoms with Crippen LogP contribution in [0.2, 0.25) is 0 Å². The largest absolute Gasteiger partial charge is 0.478 e. The lowest BCUT2D eigenvalue weighted by atomic mass is 10.3. The van der Waals surface area contributed by atoms with Crippen molar-refractivity contribution in [3.8, 4) is 22.2 Å². The summed E-state index contributed by atoms with van der Waals surface area (Å²) < 4.78 is 7.42. The maximum absolute atomic E-state index is 10.9. The van der Waals surface area contributed by atoms with E-state index >= 15 is 0 Å². The molecule has 0 amide bonds. The van der Waals surface area contributed by atoms with Crippen molar-refractivity contribution in [3.05, 3.63) is 35.8 Å². The van der Waals surface area contributed by atoms with Gasteiger partial charge >= 0.3 is 5.97 Å². The minimum absolute atomic E-state index is 0.127. The smallest absolute Gasteiger partial charge is 0.338 e. The maximum atomic E-state index is 10.9. The maximum Gasteiger partial charge on any atom is 0.338 e. The molecule has 0 aromatic carbocycles. The van der Waals surface area contributed by atoms with Gasteiger partial charge in [0.25, 0.3) is 0 Å². The van der Waals surface area contributed by atoms with Crippen LogP contribution in [0.1, 0.15) is 29.2 Å². The molecule has 1 N–H and O–H groups in total. The van der Waals surface area contributed by atoms with Crippen molar-refractivity contribution in [2.24, 2.45) is 0 Å². The summed E-state index contributed by atoms with van der Waals surface area (Å²) >= 11 is 1.50. The molecule has 6 nitrogen and oxygen atoms in total. The van der Waals surface area contributed by atoms with Crippen molar-refractivity contribution < 1.29 is 14.3 Å². The monoisotopic (exact) mass is 301 g/mol. The van der Waals surface area contributed by atoms with Gasteiger partial charge in [0.2, 0.25) is 0 Å². The van der Waals surface area contributed by atoms with E-state index in [1.807, 2.05) is 17.9 Å². The molecule has 7 heteroatoms. The van der Waals surface area contributed by atoms with Gasteiger partial charge in [-0.25, -0.2) is 14.8 Å². The Morgan fingerprint density at radius 2 is 2.33 bits per heavy atom. The Balaban J connectivity index is 1.68. The SMILES string of the molecule is O=C(O)c1coc(-c2csc(-c3cncn3C3CC3)n2)c1. The van der Waals surface area contributed by atoms with Gasteiger partial charge in [0.05, 0.1) is 23.8 Å². The van der Waals surface area contributed by atoms with Gasteiger partial charge in [-0.1, -0.05) is 0 Å².